The molecule has 2 rings (SSSR count). The SMILES string of the molecule is Cc1c(/C=N/NC(=O)C[N+]2(C)CCCC2)c(O)n(C)c(=O)c1C#N. The monoisotopic (exact) mass is 332 g/mol. The number of rotatable bonds is 4. The molecule has 1 amide bonds. The molecular weight excluding hydrogens is 310 g/mol. The first-order chi connectivity index (χ1) is 11.3. The van der Waals surface area contributed by atoms with Gasteiger partial charge in [0.15, 0.2) is 6.54 Å². The maximum absolute atomic E-state index is 12.0. The van der Waals surface area contributed by atoms with Crippen molar-refractivity contribution in [3.05, 3.63) is 27.0 Å². The highest BCUT2D eigenvalue weighted by Crippen LogP contribution is 2.18. The Kier molecular flexibility index (Phi) is 5.04. The second kappa shape index (κ2) is 6.84. The van der Waals surface area contributed by atoms with Gasteiger partial charge in [0, 0.05) is 19.9 Å². The van der Waals surface area contributed by atoms with Gasteiger partial charge in [-0.2, -0.15) is 10.4 Å². The van der Waals surface area contributed by atoms with E-state index in [4.69, 9.17) is 5.26 Å². The summed E-state index contributed by atoms with van der Waals surface area (Å²) in [5.74, 6) is -0.508. The number of aromatic nitrogens is 1. The van der Waals surface area contributed by atoms with Crippen molar-refractivity contribution in [1.82, 2.24) is 9.99 Å². The lowest BCUT2D eigenvalue weighted by Gasteiger charge is -2.27. The summed E-state index contributed by atoms with van der Waals surface area (Å²) in [7, 11) is 3.41. The van der Waals surface area contributed by atoms with Gasteiger partial charge in [0.2, 0.25) is 5.88 Å². The first-order valence-corrected chi connectivity index (χ1v) is 7.77. The number of carbonyl (C=O) groups excluding carboxylic acids is 1. The highest BCUT2D eigenvalue weighted by Gasteiger charge is 2.29. The number of nitrogens with one attached hydrogen (secondary N) is 1. The summed E-state index contributed by atoms with van der Waals surface area (Å²) >= 11 is 0. The fraction of sp³-hybridized carbons (Fsp3) is 0.500. The first kappa shape index (κ1) is 17.7. The Balaban J connectivity index is 2.15. The van der Waals surface area contributed by atoms with Gasteiger partial charge < -0.3 is 9.59 Å². The lowest BCUT2D eigenvalue weighted by molar-refractivity contribution is -0.889. The topological polar surface area (TPSA) is 107 Å². The number of hydrazone groups is 1. The first-order valence-electron chi connectivity index (χ1n) is 7.77. The molecule has 1 aromatic rings. The Morgan fingerprint density at radius 1 is 1.50 bits per heavy atom. The molecule has 24 heavy (non-hydrogen) atoms. The summed E-state index contributed by atoms with van der Waals surface area (Å²) in [6, 6.07) is 1.83. The van der Waals surface area contributed by atoms with Crippen LogP contribution in [0.25, 0.3) is 0 Å². The maximum Gasteiger partial charge on any atom is 0.295 e. The third kappa shape index (κ3) is 3.46. The van der Waals surface area contributed by atoms with Gasteiger partial charge in [0.1, 0.15) is 11.6 Å². The van der Waals surface area contributed by atoms with Crippen LogP contribution in [0.1, 0.15) is 29.5 Å². The smallest absolute Gasteiger partial charge is 0.295 e. The second-order valence-corrected chi connectivity index (χ2v) is 6.44. The Morgan fingerprint density at radius 2 is 2.12 bits per heavy atom. The van der Waals surface area contributed by atoms with Crippen LogP contribution in [0.2, 0.25) is 0 Å². The number of pyridine rings is 1. The second-order valence-electron chi connectivity index (χ2n) is 6.44. The Labute approximate surface area is 140 Å². The van der Waals surface area contributed by atoms with Gasteiger partial charge in [-0.3, -0.25) is 14.2 Å². The van der Waals surface area contributed by atoms with E-state index in [1.165, 1.54) is 13.3 Å². The number of hydrogen-bond acceptors (Lipinski definition) is 5. The van der Waals surface area contributed by atoms with Crippen LogP contribution in [0.3, 0.4) is 0 Å². The molecule has 1 aliphatic rings. The minimum absolute atomic E-state index is 0.0572. The quantitative estimate of drug-likeness (QED) is 0.458. The highest BCUT2D eigenvalue weighted by molar-refractivity contribution is 5.87. The van der Waals surface area contributed by atoms with Crippen molar-refractivity contribution in [3.63, 3.8) is 0 Å². The number of carbonyl (C=O) groups is 1. The van der Waals surface area contributed by atoms with Gasteiger partial charge in [-0.15, -0.1) is 0 Å². The van der Waals surface area contributed by atoms with Gasteiger partial charge in [0.25, 0.3) is 11.5 Å². The number of amides is 1. The molecule has 0 aromatic carbocycles. The van der Waals surface area contributed by atoms with E-state index in [-0.39, 0.29) is 22.9 Å². The van der Waals surface area contributed by atoms with Gasteiger partial charge in [0.05, 0.1) is 31.9 Å². The fourth-order valence-electron chi connectivity index (χ4n) is 3.00. The van der Waals surface area contributed by atoms with Gasteiger partial charge in [-0.1, -0.05) is 0 Å². The van der Waals surface area contributed by atoms with Crippen molar-refractivity contribution in [2.45, 2.75) is 19.8 Å². The molecule has 1 saturated heterocycles. The van der Waals surface area contributed by atoms with Crippen LogP contribution in [0, 0.1) is 18.3 Å². The van der Waals surface area contributed by atoms with Crippen LogP contribution >= 0.6 is 0 Å². The molecule has 0 bridgehead atoms. The molecule has 8 nitrogen and oxygen atoms in total. The molecule has 2 N–H and O–H groups in total. The molecule has 8 heteroatoms. The molecule has 0 aliphatic carbocycles. The summed E-state index contributed by atoms with van der Waals surface area (Å²) in [6.45, 7) is 3.85. The number of hydrogen-bond donors (Lipinski definition) is 2. The van der Waals surface area contributed by atoms with Crippen molar-refractivity contribution in [2.75, 3.05) is 26.7 Å². The van der Waals surface area contributed by atoms with Crippen molar-refractivity contribution < 1.29 is 14.4 Å². The normalized spacial score (nSPS) is 16.2. The molecule has 1 aliphatic heterocycles. The van der Waals surface area contributed by atoms with Crippen LogP contribution in [-0.2, 0) is 11.8 Å². The summed E-state index contributed by atoms with van der Waals surface area (Å²) in [5, 5.41) is 23.0. The van der Waals surface area contributed by atoms with Crippen molar-refractivity contribution >= 4 is 12.1 Å². The molecule has 2 heterocycles. The highest BCUT2D eigenvalue weighted by atomic mass is 16.3. The molecule has 1 fully saturated rings. The summed E-state index contributed by atoms with van der Waals surface area (Å²) < 4.78 is 1.68. The van der Waals surface area contributed by atoms with Crippen LogP contribution in [0.4, 0.5) is 0 Å². The van der Waals surface area contributed by atoms with E-state index in [1.807, 2.05) is 13.1 Å². The molecule has 0 saturated carbocycles. The Morgan fingerprint density at radius 3 is 2.71 bits per heavy atom. The van der Waals surface area contributed by atoms with E-state index in [1.54, 1.807) is 6.92 Å². The predicted octanol–water partition coefficient (Wildman–Crippen LogP) is -0.0385. The van der Waals surface area contributed by atoms with E-state index in [0.717, 1.165) is 30.5 Å². The largest absolute Gasteiger partial charge is 0.494 e. The zero-order chi connectivity index (χ0) is 17.9. The van der Waals surface area contributed by atoms with Gasteiger partial charge >= 0.3 is 0 Å². The van der Waals surface area contributed by atoms with Crippen LogP contribution < -0.4 is 11.0 Å². The number of nitrogens with zero attached hydrogens (tertiary/aromatic N) is 4. The standard InChI is InChI=1S/C16H21N5O3/c1-11-12(8-17)15(23)20(2)16(24)13(11)9-18-19-14(22)10-21(3)6-4-5-7-21/h9H,4-7,10H2,1-3H3,(H-,18,19,22,23,24)/p+1. The summed E-state index contributed by atoms with van der Waals surface area (Å²) in [4.78, 5) is 23.9. The minimum Gasteiger partial charge on any atom is -0.494 e. The number of quaternary nitrogens is 1. The van der Waals surface area contributed by atoms with E-state index < -0.39 is 5.56 Å². The van der Waals surface area contributed by atoms with E-state index >= 15 is 0 Å². The average molecular weight is 332 g/mol. The molecule has 128 valence electrons. The lowest BCUT2D eigenvalue weighted by atomic mass is 10.1. The average Bonchev–Trinajstić information content (AvgIpc) is 2.95. The molecular formula is C16H22N5O3+. The van der Waals surface area contributed by atoms with Crippen LogP contribution in [0.15, 0.2) is 9.90 Å². The molecule has 0 unspecified atom stereocenters. The zero-order valence-corrected chi connectivity index (χ0v) is 14.2. The van der Waals surface area contributed by atoms with Crippen molar-refractivity contribution in [1.29, 1.82) is 5.26 Å². The van der Waals surface area contributed by atoms with Gasteiger partial charge in [-0.05, 0) is 12.5 Å². The zero-order valence-electron chi connectivity index (χ0n) is 14.2. The van der Waals surface area contributed by atoms with Gasteiger partial charge in [-0.25, -0.2) is 5.43 Å². The van der Waals surface area contributed by atoms with Crippen LogP contribution in [0.5, 0.6) is 5.88 Å². The molecule has 0 radical (unpaired) electrons. The number of nitriles is 1. The molecule has 0 spiro atoms. The number of aromatic hydroxyl groups is 1. The third-order valence-corrected chi connectivity index (χ3v) is 4.52. The van der Waals surface area contributed by atoms with Crippen LogP contribution in [-0.4, -0.2) is 53.0 Å². The molecule has 0 atom stereocenters. The van der Waals surface area contributed by atoms with E-state index in [0.29, 0.717) is 16.6 Å². The van der Waals surface area contributed by atoms with E-state index in [2.05, 4.69) is 10.5 Å². The Bertz CT molecular complexity index is 782. The number of likely N-dealkylation sites (tertiary alicyclic amines) is 1. The van der Waals surface area contributed by atoms with Crippen molar-refractivity contribution in [2.24, 2.45) is 12.1 Å². The van der Waals surface area contributed by atoms with Crippen molar-refractivity contribution in [3.8, 4) is 11.9 Å². The maximum atomic E-state index is 12.0. The predicted molar refractivity (Wildman–Crippen MR) is 88.6 cm³/mol. The lowest BCUT2D eigenvalue weighted by Crippen LogP contribution is -2.47. The minimum atomic E-state index is -0.569. The molecule has 1 aromatic heterocycles. The Hall–Kier alpha value is -2.66. The third-order valence-electron chi connectivity index (χ3n) is 4.52. The summed E-state index contributed by atoms with van der Waals surface area (Å²) in [5.41, 5.74) is 2.38. The summed E-state index contributed by atoms with van der Waals surface area (Å²) in [6.07, 6.45) is 3.50. The fourth-order valence-corrected chi connectivity index (χ4v) is 3.00. The van der Waals surface area contributed by atoms with E-state index in [9.17, 15) is 14.7 Å². The number of likely N-dealkylation sites (N-methyl/N-ethyl adjacent to an activating group) is 1.